The molecule has 1 rings (SSSR count). The van der Waals surface area contributed by atoms with Gasteiger partial charge in [-0.15, -0.1) is 0 Å². The van der Waals surface area contributed by atoms with E-state index in [2.05, 4.69) is 5.32 Å². The summed E-state index contributed by atoms with van der Waals surface area (Å²) in [5, 5.41) is 11.8. The predicted octanol–water partition coefficient (Wildman–Crippen LogP) is 3.02. The topological polar surface area (TPSA) is 49.3 Å². The first-order chi connectivity index (χ1) is 9.43. The van der Waals surface area contributed by atoms with Gasteiger partial charge in [-0.25, -0.2) is 4.39 Å². The Morgan fingerprint density at radius 2 is 2.20 bits per heavy atom. The number of hydrogen-bond donors (Lipinski definition) is 2. The summed E-state index contributed by atoms with van der Waals surface area (Å²) in [5.74, 6) is -0.506. The third-order valence-corrected chi connectivity index (χ3v) is 3.23. The second kappa shape index (κ2) is 8.02. The number of carbonyl (C=O) groups is 1. The standard InChI is InChI=1S/C15H19ClFNO2/c1-10(2)14(7-8-19)18-15(20)6-4-11-3-5-13(17)12(16)9-11/h3-6,9-10,14,19H,7-8H2,1-2H3,(H,18,20)/b6-4+. The largest absolute Gasteiger partial charge is 0.396 e. The second-order valence-corrected chi connectivity index (χ2v) is 5.29. The van der Waals surface area contributed by atoms with Crippen LogP contribution in [0.2, 0.25) is 5.02 Å². The van der Waals surface area contributed by atoms with Gasteiger partial charge in [0.05, 0.1) is 5.02 Å². The van der Waals surface area contributed by atoms with Crippen LogP contribution in [0.5, 0.6) is 0 Å². The van der Waals surface area contributed by atoms with E-state index in [0.717, 1.165) is 0 Å². The van der Waals surface area contributed by atoms with E-state index in [1.165, 1.54) is 18.2 Å². The van der Waals surface area contributed by atoms with Gasteiger partial charge in [0.15, 0.2) is 0 Å². The molecule has 0 aliphatic carbocycles. The highest BCUT2D eigenvalue weighted by Gasteiger charge is 2.13. The smallest absolute Gasteiger partial charge is 0.244 e. The maximum Gasteiger partial charge on any atom is 0.244 e. The third-order valence-electron chi connectivity index (χ3n) is 2.94. The lowest BCUT2D eigenvalue weighted by Gasteiger charge is -2.20. The quantitative estimate of drug-likeness (QED) is 0.793. The summed E-state index contributed by atoms with van der Waals surface area (Å²) >= 11 is 5.66. The first-order valence-electron chi connectivity index (χ1n) is 6.48. The molecule has 0 aliphatic rings. The monoisotopic (exact) mass is 299 g/mol. The molecule has 1 amide bonds. The molecule has 3 nitrogen and oxygen atoms in total. The predicted molar refractivity (Wildman–Crippen MR) is 78.9 cm³/mol. The highest BCUT2D eigenvalue weighted by molar-refractivity contribution is 6.30. The van der Waals surface area contributed by atoms with Gasteiger partial charge in [-0.1, -0.05) is 31.5 Å². The maximum atomic E-state index is 13.0. The Labute approximate surface area is 123 Å². The Kier molecular flexibility index (Phi) is 6.68. The fourth-order valence-electron chi connectivity index (χ4n) is 1.73. The Morgan fingerprint density at radius 3 is 2.75 bits per heavy atom. The first kappa shape index (κ1) is 16.7. The average molecular weight is 300 g/mol. The summed E-state index contributed by atoms with van der Waals surface area (Å²) in [6, 6.07) is 4.17. The van der Waals surface area contributed by atoms with Crippen LogP contribution in [0.1, 0.15) is 25.8 Å². The molecule has 0 heterocycles. The van der Waals surface area contributed by atoms with Gasteiger partial charge >= 0.3 is 0 Å². The molecule has 20 heavy (non-hydrogen) atoms. The molecule has 0 radical (unpaired) electrons. The zero-order chi connectivity index (χ0) is 15.1. The van der Waals surface area contributed by atoms with E-state index >= 15 is 0 Å². The summed E-state index contributed by atoms with van der Waals surface area (Å²) < 4.78 is 13.0. The van der Waals surface area contributed by atoms with Crippen molar-refractivity contribution in [2.45, 2.75) is 26.3 Å². The van der Waals surface area contributed by atoms with Crippen molar-refractivity contribution >= 4 is 23.6 Å². The van der Waals surface area contributed by atoms with Gasteiger partial charge < -0.3 is 10.4 Å². The van der Waals surface area contributed by atoms with Crippen LogP contribution in [0.4, 0.5) is 4.39 Å². The number of amides is 1. The van der Waals surface area contributed by atoms with E-state index in [-0.39, 0.29) is 29.5 Å². The molecule has 0 spiro atoms. The van der Waals surface area contributed by atoms with Crippen molar-refractivity contribution in [1.29, 1.82) is 0 Å². The van der Waals surface area contributed by atoms with E-state index in [0.29, 0.717) is 12.0 Å². The summed E-state index contributed by atoms with van der Waals surface area (Å²) in [7, 11) is 0. The molecule has 110 valence electrons. The molecule has 0 aliphatic heterocycles. The van der Waals surface area contributed by atoms with Gasteiger partial charge in [-0.2, -0.15) is 0 Å². The van der Waals surface area contributed by atoms with E-state index in [1.807, 2.05) is 13.8 Å². The van der Waals surface area contributed by atoms with Crippen LogP contribution in [0, 0.1) is 11.7 Å². The number of rotatable bonds is 6. The molecular formula is C15H19ClFNO2. The zero-order valence-corrected chi connectivity index (χ0v) is 12.3. The SMILES string of the molecule is CC(C)C(CCO)NC(=O)/C=C/c1ccc(F)c(Cl)c1. The minimum Gasteiger partial charge on any atom is -0.396 e. The molecule has 1 aromatic rings. The van der Waals surface area contributed by atoms with E-state index in [4.69, 9.17) is 16.7 Å². The normalized spacial score (nSPS) is 12.9. The lowest BCUT2D eigenvalue weighted by molar-refractivity contribution is -0.117. The molecule has 1 aromatic carbocycles. The van der Waals surface area contributed by atoms with Crippen LogP contribution < -0.4 is 5.32 Å². The number of hydrogen-bond acceptors (Lipinski definition) is 2. The Bertz CT molecular complexity index is 489. The zero-order valence-electron chi connectivity index (χ0n) is 11.6. The van der Waals surface area contributed by atoms with Crippen molar-refractivity contribution in [2.24, 2.45) is 5.92 Å². The number of aliphatic hydroxyl groups excluding tert-OH is 1. The minimum atomic E-state index is -0.490. The second-order valence-electron chi connectivity index (χ2n) is 4.88. The van der Waals surface area contributed by atoms with Gasteiger partial charge in [0.25, 0.3) is 0 Å². The third kappa shape index (κ3) is 5.31. The molecule has 5 heteroatoms. The molecule has 1 atom stereocenters. The molecule has 0 saturated carbocycles. The lowest BCUT2D eigenvalue weighted by Crippen LogP contribution is -2.38. The summed E-state index contributed by atoms with van der Waals surface area (Å²) in [6.45, 7) is 3.98. The van der Waals surface area contributed by atoms with Crippen LogP contribution in [0.25, 0.3) is 6.08 Å². The molecule has 1 unspecified atom stereocenters. The highest BCUT2D eigenvalue weighted by Crippen LogP contribution is 2.16. The number of benzene rings is 1. The Hall–Kier alpha value is -1.39. The Morgan fingerprint density at radius 1 is 1.50 bits per heavy atom. The Balaban J connectivity index is 2.64. The molecule has 2 N–H and O–H groups in total. The fraction of sp³-hybridized carbons (Fsp3) is 0.400. The lowest BCUT2D eigenvalue weighted by atomic mass is 10.0. The van der Waals surface area contributed by atoms with Crippen molar-refractivity contribution in [1.82, 2.24) is 5.32 Å². The maximum absolute atomic E-state index is 13.0. The molecule has 0 bridgehead atoms. The number of carbonyl (C=O) groups excluding carboxylic acids is 1. The van der Waals surface area contributed by atoms with Crippen molar-refractivity contribution in [3.63, 3.8) is 0 Å². The molecule has 0 fully saturated rings. The summed E-state index contributed by atoms with van der Waals surface area (Å²) in [5.41, 5.74) is 0.648. The van der Waals surface area contributed by atoms with E-state index in [1.54, 1.807) is 12.1 Å². The van der Waals surface area contributed by atoms with Crippen molar-refractivity contribution < 1.29 is 14.3 Å². The van der Waals surface area contributed by atoms with Crippen molar-refractivity contribution in [3.8, 4) is 0 Å². The molecule has 0 saturated heterocycles. The summed E-state index contributed by atoms with van der Waals surface area (Å²) in [4.78, 5) is 11.8. The van der Waals surface area contributed by atoms with Crippen LogP contribution in [0.3, 0.4) is 0 Å². The van der Waals surface area contributed by atoms with Gasteiger partial charge in [-0.3, -0.25) is 4.79 Å². The van der Waals surface area contributed by atoms with Crippen molar-refractivity contribution in [3.05, 3.63) is 40.7 Å². The minimum absolute atomic E-state index is 0.0212. The fourth-order valence-corrected chi connectivity index (χ4v) is 1.92. The van der Waals surface area contributed by atoms with Crippen LogP contribution >= 0.6 is 11.6 Å². The van der Waals surface area contributed by atoms with Crippen LogP contribution in [0.15, 0.2) is 24.3 Å². The number of nitrogens with one attached hydrogen (secondary N) is 1. The van der Waals surface area contributed by atoms with Crippen LogP contribution in [-0.4, -0.2) is 23.7 Å². The summed E-state index contributed by atoms with van der Waals surface area (Å²) in [6.07, 6.45) is 3.45. The average Bonchev–Trinajstić information content (AvgIpc) is 2.39. The van der Waals surface area contributed by atoms with E-state index in [9.17, 15) is 9.18 Å². The van der Waals surface area contributed by atoms with Gasteiger partial charge in [0.1, 0.15) is 5.82 Å². The highest BCUT2D eigenvalue weighted by atomic mass is 35.5. The number of halogens is 2. The van der Waals surface area contributed by atoms with Crippen molar-refractivity contribution in [2.75, 3.05) is 6.61 Å². The van der Waals surface area contributed by atoms with Gasteiger partial charge in [0.2, 0.25) is 5.91 Å². The van der Waals surface area contributed by atoms with E-state index < -0.39 is 5.82 Å². The molecular weight excluding hydrogens is 281 g/mol. The number of aliphatic hydroxyl groups is 1. The van der Waals surface area contributed by atoms with Gasteiger partial charge in [-0.05, 0) is 36.1 Å². The first-order valence-corrected chi connectivity index (χ1v) is 6.86. The van der Waals surface area contributed by atoms with Crippen LogP contribution in [-0.2, 0) is 4.79 Å². The van der Waals surface area contributed by atoms with Gasteiger partial charge in [0, 0.05) is 18.7 Å². The molecule has 0 aromatic heterocycles.